The van der Waals surface area contributed by atoms with Crippen LogP contribution >= 0.6 is 12.2 Å². The number of amides is 1. The number of hydrogen-bond donors (Lipinski definition) is 1. The SMILES string of the molecule is COC(CNC(=S)[C@@H](C(C)C)N(C(=O)c1ccccc1)[C@@H](C)c1ccccc1)OC. The Balaban J connectivity index is 2.40. The van der Waals surface area contributed by atoms with E-state index >= 15 is 0 Å². The Hall–Kier alpha value is -2.28. The van der Waals surface area contributed by atoms with E-state index in [9.17, 15) is 4.79 Å². The van der Waals surface area contributed by atoms with Crippen LogP contribution in [0.25, 0.3) is 0 Å². The Labute approximate surface area is 185 Å². The van der Waals surface area contributed by atoms with E-state index in [1.54, 1.807) is 14.2 Å². The van der Waals surface area contributed by atoms with Gasteiger partial charge in [0, 0.05) is 19.8 Å². The zero-order valence-corrected chi connectivity index (χ0v) is 19.2. The molecule has 0 fully saturated rings. The monoisotopic (exact) mass is 428 g/mol. The molecular weight excluding hydrogens is 396 g/mol. The maximum atomic E-state index is 13.6. The van der Waals surface area contributed by atoms with Gasteiger partial charge in [0.2, 0.25) is 0 Å². The molecule has 0 aliphatic carbocycles. The number of ether oxygens (including phenoxy) is 2. The van der Waals surface area contributed by atoms with Crippen LogP contribution < -0.4 is 5.32 Å². The van der Waals surface area contributed by atoms with Gasteiger partial charge >= 0.3 is 0 Å². The van der Waals surface area contributed by atoms with Crippen molar-refractivity contribution in [3.05, 3.63) is 71.8 Å². The number of methoxy groups -OCH3 is 2. The summed E-state index contributed by atoms with van der Waals surface area (Å²) in [6.45, 7) is 6.60. The lowest BCUT2D eigenvalue weighted by atomic mass is 9.96. The van der Waals surface area contributed by atoms with Gasteiger partial charge in [0.15, 0.2) is 6.29 Å². The summed E-state index contributed by atoms with van der Waals surface area (Å²) in [6.07, 6.45) is -0.416. The highest BCUT2D eigenvalue weighted by atomic mass is 32.1. The predicted octanol–water partition coefficient (Wildman–Crippen LogP) is 4.45. The second-order valence-electron chi connectivity index (χ2n) is 7.50. The van der Waals surface area contributed by atoms with E-state index in [0.29, 0.717) is 17.1 Å². The van der Waals surface area contributed by atoms with Gasteiger partial charge in [-0.25, -0.2) is 0 Å². The second kappa shape index (κ2) is 11.8. The standard InChI is InChI=1S/C24H32N2O3S/c1-17(2)22(23(30)25-16-21(28-4)29-5)26(18(3)19-12-8-6-9-13-19)24(27)20-14-10-7-11-15-20/h6-15,17-18,21-22H,16H2,1-5H3,(H,25,30)/t18-,22+/m0/s1. The molecule has 0 unspecified atom stereocenters. The molecule has 2 aromatic carbocycles. The lowest BCUT2D eigenvalue weighted by Gasteiger charge is -2.40. The number of carbonyl (C=O) groups is 1. The summed E-state index contributed by atoms with van der Waals surface area (Å²) in [4.78, 5) is 16.1. The van der Waals surface area contributed by atoms with Gasteiger partial charge in [-0.1, -0.05) is 74.6 Å². The molecule has 0 heterocycles. The van der Waals surface area contributed by atoms with Crippen molar-refractivity contribution in [1.82, 2.24) is 10.2 Å². The predicted molar refractivity (Wildman–Crippen MR) is 125 cm³/mol. The first-order chi connectivity index (χ1) is 14.4. The van der Waals surface area contributed by atoms with Crippen LogP contribution in [-0.2, 0) is 9.47 Å². The van der Waals surface area contributed by atoms with Gasteiger partial charge in [-0.2, -0.15) is 0 Å². The fraction of sp³-hybridized carbons (Fsp3) is 0.417. The van der Waals surface area contributed by atoms with Crippen LogP contribution in [0.2, 0.25) is 0 Å². The van der Waals surface area contributed by atoms with E-state index in [-0.39, 0.29) is 23.9 Å². The first-order valence-corrected chi connectivity index (χ1v) is 10.6. The summed E-state index contributed by atoms with van der Waals surface area (Å²) in [5, 5.41) is 3.25. The molecule has 162 valence electrons. The normalized spacial score (nSPS) is 13.2. The zero-order valence-electron chi connectivity index (χ0n) is 18.4. The highest BCUT2D eigenvalue weighted by Gasteiger charge is 2.34. The molecule has 2 atom stereocenters. The van der Waals surface area contributed by atoms with E-state index < -0.39 is 6.29 Å². The summed E-state index contributed by atoms with van der Waals surface area (Å²) in [5.74, 6) is 0.0530. The quantitative estimate of drug-likeness (QED) is 0.448. The third-order valence-electron chi connectivity index (χ3n) is 5.12. The minimum Gasteiger partial charge on any atom is -0.373 e. The molecule has 0 radical (unpaired) electrons. The van der Waals surface area contributed by atoms with Crippen molar-refractivity contribution in [1.29, 1.82) is 0 Å². The number of thiocarbonyl (C=S) groups is 1. The highest BCUT2D eigenvalue weighted by Crippen LogP contribution is 2.28. The lowest BCUT2D eigenvalue weighted by Crippen LogP contribution is -2.53. The Kier molecular flexibility index (Phi) is 9.43. The largest absolute Gasteiger partial charge is 0.373 e. The molecule has 5 nitrogen and oxygen atoms in total. The molecule has 0 saturated heterocycles. The molecule has 2 rings (SSSR count). The molecule has 2 aromatic rings. The van der Waals surface area contributed by atoms with Crippen LogP contribution in [0.15, 0.2) is 60.7 Å². The van der Waals surface area contributed by atoms with Crippen LogP contribution in [0, 0.1) is 5.92 Å². The van der Waals surface area contributed by atoms with Gasteiger partial charge in [-0.05, 0) is 30.5 Å². The smallest absolute Gasteiger partial charge is 0.254 e. The van der Waals surface area contributed by atoms with Gasteiger partial charge < -0.3 is 19.7 Å². The zero-order chi connectivity index (χ0) is 22.1. The first-order valence-electron chi connectivity index (χ1n) is 10.2. The average molecular weight is 429 g/mol. The number of nitrogens with one attached hydrogen (secondary N) is 1. The van der Waals surface area contributed by atoms with Crippen LogP contribution in [0.3, 0.4) is 0 Å². The number of benzene rings is 2. The van der Waals surface area contributed by atoms with Crippen molar-refractivity contribution in [3.63, 3.8) is 0 Å². The third kappa shape index (κ3) is 6.11. The molecule has 6 heteroatoms. The third-order valence-corrected chi connectivity index (χ3v) is 5.51. The van der Waals surface area contributed by atoms with Crippen molar-refractivity contribution < 1.29 is 14.3 Å². The number of hydrogen-bond acceptors (Lipinski definition) is 4. The second-order valence-corrected chi connectivity index (χ2v) is 7.94. The van der Waals surface area contributed by atoms with Gasteiger partial charge in [0.25, 0.3) is 5.91 Å². The van der Waals surface area contributed by atoms with E-state index in [0.717, 1.165) is 5.56 Å². The average Bonchev–Trinajstić information content (AvgIpc) is 2.78. The molecule has 0 aromatic heterocycles. The maximum absolute atomic E-state index is 13.6. The Morgan fingerprint density at radius 3 is 2.00 bits per heavy atom. The summed E-state index contributed by atoms with van der Waals surface area (Å²) < 4.78 is 10.5. The topological polar surface area (TPSA) is 50.8 Å². The molecule has 0 saturated carbocycles. The summed E-state index contributed by atoms with van der Waals surface area (Å²) in [6, 6.07) is 18.9. The molecular formula is C24H32N2O3S. The fourth-order valence-electron chi connectivity index (χ4n) is 3.47. The summed E-state index contributed by atoms with van der Waals surface area (Å²) in [7, 11) is 3.17. The van der Waals surface area contributed by atoms with Crippen molar-refractivity contribution in [2.24, 2.45) is 5.92 Å². The number of rotatable bonds is 10. The van der Waals surface area contributed by atoms with E-state index in [2.05, 4.69) is 19.2 Å². The van der Waals surface area contributed by atoms with Crippen LogP contribution in [0.1, 0.15) is 42.7 Å². The maximum Gasteiger partial charge on any atom is 0.254 e. The van der Waals surface area contributed by atoms with Gasteiger partial charge in [-0.3, -0.25) is 4.79 Å². The summed E-state index contributed by atoms with van der Waals surface area (Å²) >= 11 is 5.76. The fourth-order valence-corrected chi connectivity index (χ4v) is 3.94. The Morgan fingerprint density at radius 2 is 1.50 bits per heavy atom. The van der Waals surface area contributed by atoms with Crippen molar-refractivity contribution in [2.45, 2.75) is 39.1 Å². The van der Waals surface area contributed by atoms with Crippen molar-refractivity contribution >= 4 is 23.1 Å². The Morgan fingerprint density at radius 1 is 0.967 bits per heavy atom. The summed E-state index contributed by atoms with van der Waals surface area (Å²) in [5.41, 5.74) is 1.70. The molecule has 0 aliphatic rings. The Bertz CT molecular complexity index is 795. The molecule has 1 N–H and O–H groups in total. The molecule has 1 amide bonds. The van der Waals surface area contributed by atoms with Crippen LogP contribution in [0.5, 0.6) is 0 Å². The minimum absolute atomic E-state index is 0.0511. The van der Waals surface area contributed by atoms with Crippen molar-refractivity contribution in [3.8, 4) is 0 Å². The number of nitrogens with zero attached hydrogens (tertiary/aromatic N) is 1. The van der Waals surface area contributed by atoms with Gasteiger partial charge in [0.05, 0.1) is 23.6 Å². The molecule has 0 aliphatic heterocycles. The van der Waals surface area contributed by atoms with Crippen molar-refractivity contribution in [2.75, 3.05) is 20.8 Å². The minimum atomic E-state index is -0.416. The van der Waals surface area contributed by atoms with E-state index in [4.69, 9.17) is 21.7 Å². The van der Waals surface area contributed by atoms with Gasteiger partial charge in [0.1, 0.15) is 0 Å². The van der Waals surface area contributed by atoms with E-state index in [1.807, 2.05) is 72.5 Å². The van der Waals surface area contributed by atoms with E-state index in [1.165, 1.54) is 0 Å². The number of carbonyl (C=O) groups excluding carboxylic acids is 1. The van der Waals surface area contributed by atoms with Crippen LogP contribution in [0.4, 0.5) is 0 Å². The van der Waals surface area contributed by atoms with Crippen LogP contribution in [-0.4, -0.2) is 48.9 Å². The lowest BCUT2D eigenvalue weighted by molar-refractivity contribution is -0.0966. The highest BCUT2D eigenvalue weighted by molar-refractivity contribution is 7.80. The van der Waals surface area contributed by atoms with Gasteiger partial charge in [-0.15, -0.1) is 0 Å². The first kappa shape index (κ1) is 24.0. The molecule has 0 bridgehead atoms. The molecule has 30 heavy (non-hydrogen) atoms. The molecule has 0 spiro atoms.